The van der Waals surface area contributed by atoms with Gasteiger partial charge in [0.2, 0.25) is 0 Å². The van der Waals surface area contributed by atoms with Crippen molar-refractivity contribution in [2.24, 2.45) is 5.73 Å². The molecule has 0 aliphatic rings. The molecule has 1 aromatic carbocycles. The first-order chi connectivity index (χ1) is 7.47. The van der Waals surface area contributed by atoms with Gasteiger partial charge in [-0.1, -0.05) is 23.2 Å². The highest BCUT2D eigenvalue weighted by atomic mass is 35.5. The average Bonchev–Trinajstić information content (AvgIpc) is 2.22. The Morgan fingerprint density at radius 2 is 1.94 bits per heavy atom. The molecule has 0 fully saturated rings. The van der Waals surface area contributed by atoms with E-state index in [-0.39, 0.29) is 16.5 Å². The van der Waals surface area contributed by atoms with Crippen molar-refractivity contribution in [1.82, 2.24) is 0 Å². The number of nitrogens with two attached hydrogens (primary N) is 1. The molecule has 1 aromatic rings. The van der Waals surface area contributed by atoms with Gasteiger partial charge >= 0.3 is 0 Å². The van der Waals surface area contributed by atoms with E-state index in [9.17, 15) is 8.42 Å². The molecule has 0 heterocycles. The van der Waals surface area contributed by atoms with E-state index in [0.717, 1.165) is 0 Å². The summed E-state index contributed by atoms with van der Waals surface area (Å²) < 4.78 is 28.0. The molecule has 0 spiro atoms. The summed E-state index contributed by atoms with van der Waals surface area (Å²) in [6, 6.07) is 4.00. The molecule has 0 bridgehead atoms. The SMILES string of the molecule is NCCCOS(=O)(=O)c1ccc(Cl)c(Cl)c1. The molecule has 90 valence electrons. The van der Waals surface area contributed by atoms with Gasteiger partial charge < -0.3 is 5.73 Å². The summed E-state index contributed by atoms with van der Waals surface area (Å²) in [6.07, 6.45) is 0.473. The molecule has 0 saturated carbocycles. The first-order valence-corrected chi connectivity index (χ1v) is 6.68. The third-order valence-electron chi connectivity index (χ3n) is 1.77. The molecule has 0 aromatic heterocycles. The van der Waals surface area contributed by atoms with Crippen molar-refractivity contribution in [2.45, 2.75) is 11.3 Å². The Hall–Kier alpha value is -0.330. The van der Waals surface area contributed by atoms with Gasteiger partial charge in [0.15, 0.2) is 0 Å². The van der Waals surface area contributed by atoms with Gasteiger partial charge in [-0.05, 0) is 31.2 Å². The van der Waals surface area contributed by atoms with Crippen LogP contribution in [0.2, 0.25) is 10.0 Å². The third kappa shape index (κ3) is 3.61. The van der Waals surface area contributed by atoms with Crippen LogP contribution in [-0.2, 0) is 14.3 Å². The minimum atomic E-state index is -3.77. The van der Waals surface area contributed by atoms with Crippen LogP contribution in [0.15, 0.2) is 23.1 Å². The van der Waals surface area contributed by atoms with E-state index in [1.807, 2.05) is 0 Å². The molecule has 0 saturated heterocycles. The van der Waals surface area contributed by atoms with E-state index in [1.54, 1.807) is 0 Å². The van der Waals surface area contributed by atoms with Crippen molar-refractivity contribution in [3.05, 3.63) is 28.2 Å². The minimum Gasteiger partial charge on any atom is -0.330 e. The first kappa shape index (κ1) is 13.7. The van der Waals surface area contributed by atoms with Gasteiger partial charge in [-0.3, -0.25) is 4.18 Å². The summed E-state index contributed by atoms with van der Waals surface area (Å²) in [5, 5.41) is 0.466. The number of benzene rings is 1. The minimum absolute atomic E-state index is 0.0149. The molecule has 0 unspecified atom stereocenters. The number of hydrogen-bond donors (Lipinski definition) is 1. The summed E-state index contributed by atoms with van der Waals surface area (Å²) >= 11 is 11.4. The highest BCUT2D eigenvalue weighted by Gasteiger charge is 2.15. The van der Waals surface area contributed by atoms with Crippen LogP contribution in [0.4, 0.5) is 0 Å². The highest BCUT2D eigenvalue weighted by Crippen LogP contribution is 2.25. The molecular formula is C9H11Cl2NO3S. The van der Waals surface area contributed by atoms with Crippen LogP contribution in [0.1, 0.15) is 6.42 Å². The Bertz CT molecular complexity index is 462. The van der Waals surface area contributed by atoms with Gasteiger partial charge in [0, 0.05) is 0 Å². The van der Waals surface area contributed by atoms with Crippen LogP contribution >= 0.6 is 23.2 Å². The van der Waals surface area contributed by atoms with Crippen molar-refractivity contribution in [1.29, 1.82) is 0 Å². The maximum Gasteiger partial charge on any atom is 0.297 e. The van der Waals surface area contributed by atoms with Gasteiger partial charge in [-0.15, -0.1) is 0 Å². The standard InChI is InChI=1S/C9H11Cl2NO3S/c10-8-3-2-7(6-9(8)11)16(13,14)15-5-1-4-12/h2-3,6H,1,4-5,12H2. The first-order valence-electron chi connectivity index (χ1n) is 4.52. The van der Waals surface area contributed by atoms with Crippen molar-refractivity contribution in [3.63, 3.8) is 0 Å². The molecule has 0 atom stereocenters. The lowest BCUT2D eigenvalue weighted by atomic mass is 10.4. The summed E-state index contributed by atoms with van der Waals surface area (Å²) in [5.74, 6) is 0. The Morgan fingerprint density at radius 1 is 1.25 bits per heavy atom. The topological polar surface area (TPSA) is 69.4 Å². The zero-order valence-corrected chi connectivity index (χ0v) is 10.6. The lowest BCUT2D eigenvalue weighted by molar-refractivity contribution is 0.314. The fourth-order valence-corrected chi connectivity index (χ4v) is 2.29. The molecule has 0 radical (unpaired) electrons. The lowest BCUT2D eigenvalue weighted by Gasteiger charge is -2.05. The Kier molecular flexibility index (Phi) is 5.01. The van der Waals surface area contributed by atoms with Gasteiger partial charge in [-0.25, -0.2) is 0 Å². The van der Waals surface area contributed by atoms with Crippen molar-refractivity contribution < 1.29 is 12.6 Å². The monoisotopic (exact) mass is 283 g/mol. The van der Waals surface area contributed by atoms with E-state index >= 15 is 0 Å². The van der Waals surface area contributed by atoms with Gasteiger partial charge in [0.05, 0.1) is 21.5 Å². The summed E-state index contributed by atoms with van der Waals surface area (Å²) in [4.78, 5) is -0.0149. The van der Waals surface area contributed by atoms with Gasteiger partial charge in [0.1, 0.15) is 0 Å². The molecule has 2 N–H and O–H groups in total. The second-order valence-corrected chi connectivity index (χ2v) is 5.42. The maximum atomic E-state index is 11.6. The second kappa shape index (κ2) is 5.84. The average molecular weight is 284 g/mol. The fourth-order valence-electron chi connectivity index (χ4n) is 0.952. The molecule has 4 nitrogen and oxygen atoms in total. The predicted octanol–water partition coefficient (Wildman–Crippen LogP) is 2.05. The van der Waals surface area contributed by atoms with Crippen molar-refractivity contribution in [2.75, 3.05) is 13.2 Å². The zero-order chi connectivity index (χ0) is 12.2. The molecule has 0 amide bonds. The second-order valence-electron chi connectivity index (χ2n) is 2.99. The Labute approximate surface area is 104 Å². The summed E-state index contributed by atoms with van der Waals surface area (Å²) in [7, 11) is -3.77. The lowest BCUT2D eigenvalue weighted by Crippen LogP contribution is -2.10. The highest BCUT2D eigenvalue weighted by molar-refractivity contribution is 7.86. The smallest absolute Gasteiger partial charge is 0.297 e. The fraction of sp³-hybridized carbons (Fsp3) is 0.333. The van der Waals surface area contributed by atoms with Gasteiger partial charge in [-0.2, -0.15) is 8.42 Å². The van der Waals surface area contributed by atoms with E-state index < -0.39 is 10.1 Å². The van der Waals surface area contributed by atoms with E-state index in [0.29, 0.717) is 18.0 Å². The number of rotatable bonds is 5. The third-order valence-corrected chi connectivity index (χ3v) is 3.81. The number of hydrogen-bond acceptors (Lipinski definition) is 4. The van der Waals surface area contributed by atoms with Crippen LogP contribution in [0.3, 0.4) is 0 Å². The molecule has 0 aliphatic carbocycles. The van der Waals surface area contributed by atoms with E-state index in [4.69, 9.17) is 33.1 Å². The molecular weight excluding hydrogens is 273 g/mol. The van der Waals surface area contributed by atoms with Gasteiger partial charge in [0.25, 0.3) is 10.1 Å². The van der Waals surface area contributed by atoms with Crippen molar-refractivity contribution in [3.8, 4) is 0 Å². The molecule has 16 heavy (non-hydrogen) atoms. The largest absolute Gasteiger partial charge is 0.330 e. The van der Waals surface area contributed by atoms with Crippen LogP contribution in [-0.4, -0.2) is 21.6 Å². The van der Waals surface area contributed by atoms with Crippen LogP contribution in [0.25, 0.3) is 0 Å². The molecule has 1 rings (SSSR count). The van der Waals surface area contributed by atoms with Crippen LogP contribution in [0, 0.1) is 0 Å². The number of halogens is 2. The predicted molar refractivity (Wildman–Crippen MR) is 63.3 cm³/mol. The maximum absolute atomic E-state index is 11.6. The zero-order valence-electron chi connectivity index (χ0n) is 8.32. The van der Waals surface area contributed by atoms with Crippen LogP contribution in [0.5, 0.6) is 0 Å². The van der Waals surface area contributed by atoms with E-state index in [1.165, 1.54) is 18.2 Å². The van der Waals surface area contributed by atoms with Crippen LogP contribution < -0.4 is 5.73 Å². The normalized spacial score (nSPS) is 11.7. The summed E-state index contributed by atoms with van der Waals surface area (Å²) in [5.41, 5.74) is 5.23. The quantitative estimate of drug-likeness (QED) is 0.663. The Morgan fingerprint density at radius 3 is 2.50 bits per heavy atom. The molecule has 0 aliphatic heterocycles. The molecule has 7 heteroatoms. The van der Waals surface area contributed by atoms with Crippen molar-refractivity contribution >= 4 is 33.3 Å². The van der Waals surface area contributed by atoms with E-state index in [2.05, 4.69) is 0 Å². The summed E-state index contributed by atoms with van der Waals surface area (Å²) in [6.45, 7) is 0.427. The Balaban J connectivity index is 2.86.